The van der Waals surface area contributed by atoms with Gasteiger partial charge in [-0.2, -0.15) is 0 Å². The number of hydrogen-bond donors (Lipinski definition) is 1. The van der Waals surface area contributed by atoms with Crippen LogP contribution in [0.2, 0.25) is 0 Å². The Kier molecular flexibility index (Phi) is 3.04. The molecular weight excluding hydrogens is 224 g/mol. The molecule has 0 fully saturated rings. The third kappa shape index (κ3) is 2.60. The van der Waals surface area contributed by atoms with E-state index in [0.717, 1.165) is 16.4 Å². The Bertz CT molecular complexity index is 509. The van der Waals surface area contributed by atoms with Crippen molar-refractivity contribution in [3.63, 3.8) is 0 Å². The van der Waals surface area contributed by atoms with E-state index < -0.39 is 18.0 Å². The lowest BCUT2D eigenvalue weighted by atomic mass is 10.1. The van der Waals surface area contributed by atoms with Gasteiger partial charge in [0.1, 0.15) is 5.95 Å². The summed E-state index contributed by atoms with van der Waals surface area (Å²) in [7, 11) is 0. The molecule has 0 aliphatic carbocycles. The van der Waals surface area contributed by atoms with Gasteiger partial charge < -0.3 is 14.7 Å². The number of nitrogens with zero attached hydrogens (tertiary/aromatic N) is 2. The summed E-state index contributed by atoms with van der Waals surface area (Å²) in [6.07, 6.45) is 1.27. The topological polar surface area (TPSA) is 90.3 Å². The van der Waals surface area contributed by atoms with E-state index in [1.54, 1.807) is 0 Å². The molecule has 0 aliphatic rings. The van der Waals surface area contributed by atoms with E-state index in [4.69, 9.17) is 5.11 Å². The summed E-state index contributed by atoms with van der Waals surface area (Å²) in [6.45, 7) is 0. The van der Waals surface area contributed by atoms with Crippen LogP contribution in [0.15, 0.2) is 41.1 Å². The van der Waals surface area contributed by atoms with Gasteiger partial charge in [-0.15, -0.1) is 0 Å². The van der Waals surface area contributed by atoms with E-state index in [1.807, 2.05) is 30.3 Å². The average Bonchev–Trinajstić information content (AvgIpc) is 2.73. The number of aromatic nitrogens is 2. The third-order valence-corrected chi connectivity index (χ3v) is 2.34. The fourth-order valence-electron chi connectivity index (χ4n) is 1.52. The summed E-state index contributed by atoms with van der Waals surface area (Å²) >= 11 is 0. The highest BCUT2D eigenvalue weighted by Crippen LogP contribution is 2.09. The summed E-state index contributed by atoms with van der Waals surface area (Å²) in [5.41, 5.74) is 0.850. The number of carboxylic acid groups (broad SMARTS) is 1. The lowest BCUT2D eigenvalue weighted by molar-refractivity contribution is -0.774. The maximum absolute atomic E-state index is 11.1. The average molecular weight is 234 g/mol. The molecule has 6 heteroatoms. The van der Waals surface area contributed by atoms with Crippen LogP contribution in [0.3, 0.4) is 0 Å². The van der Waals surface area contributed by atoms with Gasteiger partial charge in [0.05, 0.1) is 5.27 Å². The zero-order valence-electron chi connectivity index (χ0n) is 8.81. The lowest BCUT2D eigenvalue weighted by Gasteiger charge is -2.03. The van der Waals surface area contributed by atoms with Crippen molar-refractivity contribution in [1.29, 1.82) is 0 Å². The van der Waals surface area contributed by atoms with E-state index in [2.05, 4.69) is 9.79 Å². The molecule has 0 saturated heterocycles. The quantitative estimate of drug-likeness (QED) is 0.746. The minimum Gasteiger partial charge on any atom is -0.539 e. The predicted molar refractivity (Wildman–Crippen MR) is 53.0 cm³/mol. The van der Waals surface area contributed by atoms with E-state index in [-0.39, 0.29) is 6.42 Å². The Hall–Kier alpha value is -2.37. The van der Waals surface area contributed by atoms with Crippen molar-refractivity contribution in [2.75, 3.05) is 0 Å². The standard InChI is InChI=1S/C11H10N2O4/c14-10-7-13(12-17-10)9(11(15)16)6-8-4-2-1-3-5-8/h1-5,7,9H,6H2,(H-,12,14,15,16). The van der Waals surface area contributed by atoms with Gasteiger partial charge in [-0.1, -0.05) is 35.0 Å². The van der Waals surface area contributed by atoms with Crippen molar-refractivity contribution in [3.05, 3.63) is 42.1 Å². The summed E-state index contributed by atoms with van der Waals surface area (Å²) in [5.74, 6) is -1.73. The van der Waals surface area contributed by atoms with Crippen LogP contribution in [0.1, 0.15) is 11.6 Å². The van der Waals surface area contributed by atoms with Crippen LogP contribution in [0.25, 0.3) is 0 Å². The molecule has 0 aliphatic heterocycles. The van der Waals surface area contributed by atoms with E-state index >= 15 is 0 Å². The summed E-state index contributed by atoms with van der Waals surface area (Å²) in [6, 6.07) is 8.17. The number of rotatable bonds is 4. The van der Waals surface area contributed by atoms with Gasteiger partial charge in [0.2, 0.25) is 6.20 Å². The van der Waals surface area contributed by atoms with Crippen molar-refractivity contribution in [2.45, 2.75) is 12.5 Å². The first kappa shape index (κ1) is 11.1. The molecule has 1 aromatic heterocycles. The highest BCUT2D eigenvalue weighted by molar-refractivity contribution is 5.70. The van der Waals surface area contributed by atoms with E-state index in [0.29, 0.717) is 0 Å². The predicted octanol–water partition coefficient (Wildman–Crippen LogP) is -0.0959. The highest BCUT2D eigenvalue weighted by Gasteiger charge is 2.29. The monoisotopic (exact) mass is 234 g/mol. The van der Waals surface area contributed by atoms with Crippen molar-refractivity contribution in [2.24, 2.45) is 0 Å². The zero-order chi connectivity index (χ0) is 12.3. The van der Waals surface area contributed by atoms with E-state index in [9.17, 15) is 9.90 Å². The molecule has 17 heavy (non-hydrogen) atoms. The zero-order valence-corrected chi connectivity index (χ0v) is 8.81. The minimum atomic E-state index is -1.06. The summed E-state index contributed by atoms with van der Waals surface area (Å²) in [5, 5.41) is 23.3. The second-order valence-electron chi connectivity index (χ2n) is 3.54. The number of aliphatic carboxylic acids is 1. The second kappa shape index (κ2) is 4.65. The Labute approximate surface area is 96.7 Å². The molecule has 0 amide bonds. The smallest absolute Gasteiger partial charge is 0.376 e. The molecule has 1 atom stereocenters. The van der Waals surface area contributed by atoms with Crippen LogP contribution in [-0.4, -0.2) is 16.3 Å². The molecule has 2 rings (SSSR count). The van der Waals surface area contributed by atoms with Gasteiger partial charge >= 0.3 is 5.97 Å². The number of carboxylic acids is 1. The summed E-state index contributed by atoms with van der Waals surface area (Å²) in [4.78, 5) is 11.1. The molecule has 1 heterocycles. The number of benzene rings is 1. The van der Waals surface area contributed by atoms with Crippen LogP contribution in [-0.2, 0) is 11.2 Å². The largest absolute Gasteiger partial charge is 0.539 e. The highest BCUT2D eigenvalue weighted by atomic mass is 16.6. The summed E-state index contributed by atoms with van der Waals surface area (Å²) < 4.78 is 5.35. The van der Waals surface area contributed by atoms with Gasteiger partial charge in [-0.3, -0.25) is 0 Å². The molecule has 0 spiro atoms. The maximum atomic E-state index is 11.1. The van der Waals surface area contributed by atoms with Gasteiger partial charge in [-0.05, 0) is 5.56 Å². The fraction of sp³-hybridized carbons (Fsp3) is 0.182. The Morgan fingerprint density at radius 2 is 2.18 bits per heavy atom. The molecule has 0 radical (unpaired) electrons. The van der Waals surface area contributed by atoms with Gasteiger partial charge in [0.25, 0.3) is 6.04 Å². The van der Waals surface area contributed by atoms with Crippen molar-refractivity contribution < 1.29 is 24.2 Å². The fourth-order valence-corrected chi connectivity index (χ4v) is 1.52. The van der Waals surface area contributed by atoms with Crippen LogP contribution in [0.4, 0.5) is 0 Å². The first-order valence-corrected chi connectivity index (χ1v) is 4.98. The van der Waals surface area contributed by atoms with Gasteiger partial charge in [-0.25, -0.2) is 4.79 Å². The molecule has 6 nitrogen and oxygen atoms in total. The molecule has 0 bridgehead atoms. The van der Waals surface area contributed by atoms with Crippen molar-refractivity contribution >= 4 is 5.97 Å². The molecule has 1 aromatic carbocycles. The Balaban J connectivity index is 2.22. The van der Waals surface area contributed by atoms with Crippen LogP contribution < -0.4 is 9.79 Å². The normalized spacial score (nSPS) is 12.2. The molecule has 0 saturated carbocycles. The molecule has 1 unspecified atom stereocenters. The number of carbonyl (C=O) groups is 1. The lowest BCUT2D eigenvalue weighted by Crippen LogP contribution is -2.46. The Morgan fingerprint density at radius 3 is 2.71 bits per heavy atom. The minimum absolute atomic E-state index is 0.243. The third-order valence-electron chi connectivity index (χ3n) is 2.34. The van der Waals surface area contributed by atoms with E-state index in [1.165, 1.54) is 0 Å². The van der Waals surface area contributed by atoms with Gasteiger partial charge in [0.15, 0.2) is 0 Å². The van der Waals surface area contributed by atoms with Crippen LogP contribution in [0.5, 0.6) is 5.95 Å². The second-order valence-corrected chi connectivity index (χ2v) is 3.54. The van der Waals surface area contributed by atoms with Crippen molar-refractivity contribution in [3.8, 4) is 5.95 Å². The SMILES string of the molecule is O=C(O)C(Cc1ccccc1)[n+]1cc([O-])on1. The van der Waals surface area contributed by atoms with Crippen LogP contribution in [0, 0.1) is 0 Å². The van der Waals surface area contributed by atoms with Crippen LogP contribution >= 0.6 is 0 Å². The number of hydrogen-bond acceptors (Lipinski definition) is 4. The Morgan fingerprint density at radius 1 is 1.47 bits per heavy atom. The molecular formula is C11H10N2O4. The maximum Gasteiger partial charge on any atom is 0.376 e. The molecule has 88 valence electrons. The first-order chi connectivity index (χ1) is 8.16. The van der Waals surface area contributed by atoms with Crippen molar-refractivity contribution in [1.82, 2.24) is 5.27 Å². The van der Waals surface area contributed by atoms with Gasteiger partial charge in [0, 0.05) is 6.42 Å². The molecule has 2 aromatic rings. The molecule has 1 N–H and O–H groups in total. The first-order valence-electron chi connectivity index (χ1n) is 4.98.